The summed E-state index contributed by atoms with van der Waals surface area (Å²) in [6.07, 6.45) is 0.935. The number of hydrogen-bond donors (Lipinski definition) is 0. The second-order valence-corrected chi connectivity index (χ2v) is 7.35. The summed E-state index contributed by atoms with van der Waals surface area (Å²) in [6, 6.07) is 24.7. The molecule has 0 bridgehead atoms. The van der Waals surface area contributed by atoms with Gasteiger partial charge in [0.15, 0.2) is 0 Å². The molecule has 0 saturated heterocycles. The van der Waals surface area contributed by atoms with E-state index in [-0.39, 0.29) is 6.04 Å². The molecule has 5 aromatic rings. The molecule has 0 N–H and O–H groups in total. The van der Waals surface area contributed by atoms with Gasteiger partial charge in [0.05, 0.1) is 5.52 Å². The van der Waals surface area contributed by atoms with Crippen molar-refractivity contribution in [3.05, 3.63) is 78.4 Å². The molecule has 1 aliphatic rings. The van der Waals surface area contributed by atoms with Crippen LogP contribution in [0.25, 0.3) is 22.1 Å². The van der Waals surface area contributed by atoms with E-state index in [0.717, 1.165) is 35.0 Å². The fourth-order valence-electron chi connectivity index (χ4n) is 4.20. The summed E-state index contributed by atoms with van der Waals surface area (Å²) in [5.74, 6) is 0. The van der Waals surface area contributed by atoms with Gasteiger partial charge >= 0.3 is 0 Å². The minimum atomic E-state index is 0.127. The molecule has 142 valence electrons. The average Bonchev–Trinajstić information content (AvgIpc) is 3.38. The highest BCUT2D eigenvalue weighted by molar-refractivity contribution is 5.74. The van der Waals surface area contributed by atoms with E-state index in [4.69, 9.17) is 10.2 Å². The van der Waals surface area contributed by atoms with Gasteiger partial charge in [0.1, 0.15) is 29.3 Å². The minimum absolute atomic E-state index is 0.127. The molecule has 6 rings (SSSR count). The van der Waals surface area contributed by atoms with Gasteiger partial charge in [0, 0.05) is 17.8 Å². The zero-order valence-corrected chi connectivity index (χ0v) is 15.8. The maximum Gasteiger partial charge on any atom is 0.114 e. The van der Waals surface area contributed by atoms with Crippen LogP contribution in [0, 0.1) is 0 Å². The Hall–Kier alpha value is -3.74. The van der Waals surface area contributed by atoms with Gasteiger partial charge in [-0.15, -0.1) is 5.10 Å². The summed E-state index contributed by atoms with van der Waals surface area (Å²) in [5, 5.41) is 18.1. The summed E-state index contributed by atoms with van der Waals surface area (Å²) >= 11 is 0. The second kappa shape index (κ2) is 6.41. The van der Waals surface area contributed by atoms with Gasteiger partial charge in [-0.2, -0.15) is 15.0 Å². The SMILES string of the molecule is c1ccc2c(c1)C(n1nc3ccccc3n1)CCN2Cn1nnc2ccccc21. The van der Waals surface area contributed by atoms with Crippen molar-refractivity contribution < 1.29 is 0 Å². The number of nitrogens with zero attached hydrogens (tertiary/aromatic N) is 7. The van der Waals surface area contributed by atoms with Crippen LogP contribution in [0.3, 0.4) is 0 Å². The first-order valence-electron chi connectivity index (χ1n) is 9.80. The zero-order chi connectivity index (χ0) is 19.2. The summed E-state index contributed by atoms with van der Waals surface area (Å²) in [6.45, 7) is 1.56. The lowest BCUT2D eigenvalue weighted by Gasteiger charge is -2.35. The predicted octanol–water partition coefficient (Wildman–Crippen LogP) is 3.63. The molecule has 2 aromatic heterocycles. The average molecular weight is 381 g/mol. The first-order chi connectivity index (χ1) is 14.4. The summed E-state index contributed by atoms with van der Waals surface area (Å²) < 4.78 is 1.97. The van der Waals surface area contributed by atoms with Crippen molar-refractivity contribution in [3.8, 4) is 0 Å². The van der Waals surface area contributed by atoms with E-state index in [2.05, 4.69) is 45.5 Å². The number of rotatable bonds is 3. The topological polar surface area (TPSA) is 64.7 Å². The highest BCUT2D eigenvalue weighted by Gasteiger charge is 2.28. The Balaban J connectivity index is 1.37. The summed E-state index contributed by atoms with van der Waals surface area (Å²) in [7, 11) is 0. The highest BCUT2D eigenvalue weighted by atomic mass is 15.5. The third-order valence-corrected chi connectivity index (χ3v) is 5.61. The maximum absolute atomic E-state index is 4.74. The maximum atomic E-state index is 4.74. The van der Waals surface area contributed by atoms with Crippen LogP contribution in [0.2, 0.25) is 0 Å². The minimum Gasteiger partial charge on any atom is -0.352 e. The smallest absolute Gasteiger partial charge is 0.114 e. The van der Waals surface area contributed by atoms with Crippen molar-refractivity contribution in [1.82, 2.24) is 30.0 Å². The molecule has 7 nitrogen and oxygen atoms in total. The van der Waals surface area contributed by atoms with E-state index in [1.54, 1.807) is 0 Å². The number of benzene rings is 3. The molecule has 0 radical (unpaired) electrons. The first kappa shape index (κ1) is 16.2. The number of para-hydroxylation sites is 2. The zero-order valence-electron chi connectivity index (χ0n) is 15.8. The molecule has 0 amide bonds. The van der Waals surface area contributed by atoms with E-state index in [1.807, 2.05) is 51.9 Å². The molecule has 1 unspecified atom stereocenters. The van der Waals surface area contributed by atoms with Gasteiger partial charge in [0.25, 0.3) is 0 Å². The Morgan fingerprint density at radius 1 is 0.793 bits per heavy atom. The molecule has 29 heavy (non-hydrogen) atoms. The predicted molar refractivity (Wildman–Crippen MR) is 112 cm³/mol. The fraction of sp³-hybridized carbons (Fsp3) is 0.182. The normalized spacial score (nSPS) is 16.4. The Morgan fingerprint density at radius 2 is 1.48 bits per heavy atom. The Labute approximate surface area is 167 Å². The highest BCUT2D eigenvalue weighted by Crippen LogP contribution is 2.36. The van der Waals surface area contributed by atoms with Crippen molar-refractivity contribution in [2.75, 3.05) is 11.4 Å². The molecular weight excluding hydrogens is 362 g/mol. The second-order valence-electron chi connectivity index (χ2n) is 7.35. The van der Waals surface area contributed by atoms with E-state index in [0.29, 0.717) is 6.67 Å². The lowest BCUT2D eigenvalue weighted by Crippen LogP contribution is -2.35. The van der Waals surface area contributed by atoms with Crippen LogP contribution in [0.4, 0.5) is 5.69 Å². The molecule has 3 aromatic carbocycles. The molecule has 1 aliphatic heterocycles. The number of aromatic nitrogens is 6. The molecule has 7 heteroatoms. The van der Waals surface area contributed by atoms with Gasteiger partial charge in [-0.05, 0) is 36.8 Å². The van der Waals surface area contributed by atoms with E-state index >= 15 is 0 Å². The lowest BCUT2D eigenvalue weighted by atomic mass is 9.97. The Morgan fingerprint density at radius 3 is 2.31 bits per heavy atom. The van der Waals surface area contributed by atoms with E-state index in [1.165, 1.54) is 11.3 Å². The van der Waals surface area contributed by atoms with Crippen LogP contribution in [0.15, 0.2) is 72.8 Å². The standard InChI is InChI=1S/C22H19N7/c1-5-11-20-16(7-1)21(29-24-17-8-2-3-9-18(17)25-29)13-14-27(20)15-28-22-12-6-4-10-19(22)23-26-28/h1-12,21H,13-15H2. The van der Waals surface area contributed by atoms with Gasteiger partial charge < -0.3 is 4.90 Å². The molecule has 0 saturated carbocycles. The van der Waals surface area contributed by atoms with Crippen LogP contribution in [0.5, 0.6) is 0 Å². The van der Waals surface area contributed by atoms with Gasteiger partial charge in [-0.3, -0.25) is 0 Å². The molecule has 1 atom stereocenters. The number of anilines is 1. The van der Waals surface area contributed by atoms with Gasteiger partial charge in [-0.1, -0.05) is 47.7 Å². The molecule has 0 aliphatic carbocycles. The first-order valence-corrected chi connectivity index (χ1v) is 9.80. The summed E-state index contributed by atoms with van der Waals surface area (Å²) in [5.41, 5.74) is 6.27. The van der Waals surface area contributed by atoms with Crippen LogP contribution < -0.4 is 4.90 Å². The number of hydrogen-bond acceptors (Lipinski definition) is 5. The Kier molecular flexibility index (Phi) is 3.59. The molecular formula is C22H19N7. The van der Waals surface area contributed by atoms with Crippen LogP contribution in [0.1, 0.15) is 18.0 Å². The quantitative estimate of drug-likeness (QED) is 0.477. The van der Waals surface area contributed by atoms with E-state index < -0.39 is 0 Å². The third-order valence-electron chi connectivity index (χ3n) is 5.61. The fourth-order valence-corrected chi connectivity index (χ4v) is 4.20. The summed E-state index contributed by atoms with van der Waals surface area (Å²) in [4.78, 5) is 4.24. The van der Waals surface area contributed by atoms with Crippen molar-refractivity contribution >= 4 is 27.8 Å². The molecule has 0 spiro atoms. The monoisotopic (exact) mass is 381 g/mol. The van der Waals surface area contributed by atoms with Crippen molar-refractivity contribution in [2.24, 2.45) is 0 Å². The van der Waals surface area contributed by atoms with Crippen LogP contribution >= 0.6 is 0 Å². The van der Waals surface area contributed by atoms with Crippen molar-refractivity contribution in [2.45, 2.75) is 19.1 Å². The largest absolute Gasteiger partial charge is 0.352 e. The Bertz CT molecular complexity index is 1290. The van der Waals surface area contributed by atoms with Gasteiger partial charge in [0.2, 0.25) is 0 Å². The number of fused-ring (bicyclic) bond motifs is 3. The lowest BCUT2D eigenvalue weighted by molar-refractivity contribution is 0.414. The molecule has 3 heterocycles. The van der Waals surface area contributed by atoms with Gasteiger partial charge in [-0.25, -0.2) is 4.68 Å². The van der Waals surface area contributed by atoms with Crippen LogP contribution in [-0.4, -0.2) is 36.5 Å². The van der Waals surface area contributed by atoms with Crippen molar-refractivity contribution in [1.29, 1.82) is 0 Å². The third kappa shape index (κ3) is 2.66. The van der Waals surface area contributed by atoms with Crippen molar-refractivity contribution in [3.63, 3.8) is 0 Å². The van der Waals surface area contributed by atoms with Crippen LogP contribution in [-0.2, 0) is 6.67 Å². The van der Waals surface area contributed by atoms with E-state index in [9.17, 15) is 0 Å². The molecule has 0 fully saturated rings.